The highest BCUT2D eigenvalue weighted by molar-refractivity contribution is 5.96. The van der Waals surface area contributed by atoms with Gasteiger partial charge in [0.1, 0.15) is 5.82 Å². The largest absolute Gasteiger partial charge is 0.348 e. The number of rotatable bonds is 2. The molecule has 0 aromatic carbocycles. The lowest BCUT2D eigenvalue weighted by molar-refractivity contribution is -0.123. The van der Waals surface area contributed by atoms with Gasteiger partial charge >= 0.3 is 0 Å². The van der Waals surface area contributed by atoms with Crippen molar-refractivity contribution in [3.05, 3.63) is 30.0 Å². The van der Waals surface area contributed by atoms with Crippen LogP contribution in [0.15, 0.2) is 18.7 Å². The Hall–Kier alpha value is -2.11. The van der Waals surface area contributed by atoms with E-state index in [1.54, 1.807) is 6.33 Å². The van der Waals surface area contributed by atoms with Crippen LogP contribution in [0, 0.1) is 11.8 Å². The maximum Gasteiger partial charge on any atom is 0.229 e. The molecule has 2 aromatic rings. The second-order valence-corrected chi connectivity index (χ2v) is 5.39. The zero-order chi connectivity index (χ0) is 12.8. The maximum atomic E-state index is 12.4. The van der Waals surface area contributed by atoms with Gasteiger partial charge in [-0.3, -0.25) is 9.89 Å². The summed E-state index contributed by atoms with van der Waals surface area (Å²) in [4.78, 5) is 19.7. The van der Waals surface area contributed by atoms with Gasteiger partial charge in [-0.05, 0) is 18.8 Å². The fourth-order valence-electron chi connectivity index (χ4n) is 3.27. The van der Waals surface area contributed by atoms with Gasteiger partial charge in [0.15, 0.2) is 0 Å². The smallest absolute Gasteiger partial charge is 0.229 e. The number of nitrogens with zero attached hydrogens (tertiary/aromatic N) is 2. The van der Waals surface area contributed by atoms with E-state index in [1.165, 1.54) is 6.42 Å². The summed E-state index contributed by atoms with van der Waals surface area (Å²) in [6.45, 7) is 0. The van der Waals surface area contributed by atoms with Crippen LogP contribution >= 0.6 is 0 Å². The van der Waals surface area contributed by atoms with Crippen LogP contribution in [-0.4, -0.2) is 26.1 Å². The number of aromatic nitrogens is 4. The monoisotopic (exact) mass is 257 g/mol. The minimum Gasteiger partial charge on any atom is -0.348 e. The van der Waals surface area contributed by atoms with E-state index in [9.17, 15) is 4.79 Å². The quantitative estimate of drug-likeness (QED) is 0.764. The molecule has 3 heterocycles. The highest BCUT2D eigenvalue weighted by Gasteiger charge is 2.44. The van der Waals surface area contributed by atoms with Gasteiger partial charge in [0, 0.05) is 23.4 Å². The number of anilines is 1. The molecule has 2 aromatic heterocycles. The molecule has 0 radical (unpaired) electrons. The molecule has 1 amide bonds. The fourth-order valence-corrected chi connectivity index (χ4v) is 3.27. The number of hydrogen-bond acceptors (Lipinski definition) is 3. The minimum absolute atomic E-state index is 0.0145. The summed E-state index contributed by atoms with van der Waals surface area (Å²) in [5.41, 5.74) is 2.05. The van der Waals surface area contributed by atoms with Crippen LogP contribution in [0.1, 0.15) is 36.4 Å². The molecule has 6 nitrogen and oxygen atoms in total. The van der Waals surface area contributed by atoms with Crippen LogP contribution in [0.4, 0.5) is 5.82 Å². The van der Waals surface area contributed by atoms with Crippen LogP contribution < -0.4 is 5.32 Å². The van der Waals surface area contributed by atoms with Gasteiger partial charge in [-0.25, -0.2) is 4.98 Å². The number of nitrogens with one attached hydrogen (secondary N) is 3. The first kappa shape index (κ1) is 10.8. The third-order valence-electron chi connectivity index (χ3n) is 4.43. The van der Waals surface area contributed by atoms with Crippen molar-refractivity contribution in [1.29, 1.82) is 0 Å². The summed E-state index contributed by atoms with van der Waals surface area (Å²) in [6, 6.07) is 0. The summed E-state index contributed by atoms with van der Waals surface area (Å²) in [5, 5.41) is 9.86. The van der Waals surface area contributed by atoms with E-state index < -0.39 is 0 Å². The molecular weight excluding hydrogens is 242 g/mol. The predicted molar refractivity (Wildman–Crippen MR) is 68.5 cm³/mol. The number of imidazole rings is 1. The van der Waals surface area contributed by atoms with Crippen LogP contribution in [0.25, 0.3) is 0 Å². The van der Waals surface area contributed by atoms with Crippen molar-refractivity contribution in [2.24, 2.45) is 11.8 Å². The van der Waals surface area contributed by atoms with Crippen molar-refractivity contribution < 1.29 is 4.79 Å². The Morgan fingerprint density at radius 1 is 1.26 bits per heavy atom. The number of hydrogen-bond donors (Lipinski definition) is 3. The first-order valence-corrected chi connectivity index (χ1v) is 6.67. The lowest BCUT2D eigenvalue weighted by atomic mass is 9.67. The van der Waals surface area contributed by atoms with E-state index in [0.717, 1.165) is 29.9 Å². The average Bonchev–Trinajstić information content (AvgIpc) is 2.97. The van der Waals surface area contributed by atoms with Gasteiger partial charge in [-0.15, -0.1) is 0 Å². The molecule has 0 saturated heterocycles. The second kappa shape index (κ2) is 3.94. The third-order valence-corrected chi connectivity index (χ3v) is 4.43. The van der Waals surface area contributed by atoms with E-state index in [2.05, 4.69) is 25.5 Å². The van der Waals surface area contributed by atoms with Gasteiger partial charge in [0.25, 0.3) is 0 Å². The molecule has 1 saturated carbocycles. The maximum absolute atomic E-state index is 12.4. The van der Waals surface area contributed by atoms with Gasteiger partial charge in [-0.2, -0.15) is 5.10 Å². The number of carbonyl (C=O) groups is 1. The van der Waals surface area contributed by atoms with Crippen LogP contribution in [0.5, 0.6) is 0 Å². The third kappa shape index (κ3) is 1.52. The van der Waals surface area contributed by atoms with E-state index in [0.29, 0.717) is 5.92 Å². The summed E-state index contributed by atoms with van der Waals surface area (Å²) in [7, 11) is 0. The molecule has 1 aliphatic carbocycles. The first-order chi connectivity index (χ1) is 9.34. The fraction of sp³-hybridized carbons (Fsp3) is 0.462. The number of amides is 1. The van der Waals surface area contributed by atoms with Gasteiger partial charge in [-0.1, -0.05) is 6.42 Å². The highest BCUT2D eigenvalue weighted by Crippen LogP contribution is 2.47. The molecule has 2 atom stereocenters. The lowest BCUT2D eigenvalue weighted by Crippen LogP contribution is -2.41. The molecule has 3 N–H and O–H groups in total. The molecule has 98 valence electrons. The zero-order valence-electron chi connectivity index (χ0n) is 10.4. The van der Waals surface area contributed by atoms with Crippen molar-refractivity contribution in [3.63, 3.8) is 0 Å². The number of carbonyl (C=O) groups excluding carboxylic acids is 1. The second-order valence-electron chi connectivity index (χ2n) is 5.39. The average molecular weight is 257 g/mol. The van der Waals surface area contributed by atoms with Crippen molar-refractivity contribution >= 4 is 11.7 Å². The Morgan fingerprint density at radius 2 is 2.16 bits per heavy atom. The standard InChI is InChI=1S/C13H15N5O/c19-13-10(7-2-1-3-7)11(9-5-14-6-15-9)8-4-16-18-12(8)17-13/h4-7,10-11H,1-3H2,(H,14,15)(H2,16,17,18,19). The predicted octanol–water partition coefficient (Wildman–Crippen LogP) is 1.63. The molecular formula is C13H15N5O. The summed E-state index contributed by atoms with van der Waals surface area (Å²) in [5.74, 6) is 1.31. The Balaban J connectivity index is 1.83. The molecule has 1 aliphatic heterocycles. The van der Waals surface area contributed by atoms with Crippen molar-refractivity contribution in [2.75, 3.05) is 5.32 Å². The molecule has 6 heteroatoms. The van der Waals surface area contributed by atoms with Crippen molar-refractivity contribution in [2.45, 2.75) is 25.2 Å². The topological polar surface area (TPSA) is 86.5 Å². The Morgan fingerprint density at radius 3 is 2.84 bits per heavy atom. The highest BCUT2D eigenvalue weighted by atomic mass is 16.2. The van der Waals surface area contributed by atoms with E-state index in [-0.39, 0.29) is 17.7 Å². The number of aromatic amines is 2. The minimum atomic E-state index is -0.0145. The SMILES string of the molecule is O=C1Nc2[nH]ncc2C(c2cnc[nH]2)C1C1CCC1. The van der Waals surface area contributed by atoms with Gasteiger partial charge < -0.3 is 10.3 Å². The van der Waals surface area contributed by atoms with E-state index >= 15 is 0 Å². The molecule has 19 heavy (non-hydrogen) atoms. The van der Waals surface area contributed by atoms with Gasteiger partial charge in [0.2, 0.25) is 5.91 Å². The normalized spacial score (nSPS) is 26.6. The summed E-state index contributed by atoms with van der Waals surface area (Å²) >= 11 is 0. The molecule has 2 unspecified atom stereocenters. The van der Waals surface area contributed by atoms with Crippen LogP contribution in [-0.2, 0) is 4.79 Å². The Labute approximate surface area is 110 Å². The molecule has 0 bridgehead atoms. The molecule has 1 fully saturated rings. The zero-order valence-corrected chi connectivity index (χ0v) is 10.4. The number of H-pyrrole nitrogens is 2. The lowest BCUT2D eigenvalue weighted by Gasteiger charge is -2.39. The van der Waals surface area contributed by atoms with Crippen LogP contribution in [0.2, 0.25) is 0 Å². The van der Waals surface area contributed by atoms with E-state index in [4.69, 9.17) is 0 Å². The van der Waals surface area contributed by atoms with Crippen molar-refractivity contribution in [3.8, 4) is 0 Å². The summed E-state index contributed by atoms with van der Waals surface area (Å²) in [6.07, 6.45) is 8.78. The molecule has 2 aliphatic rings. The number of fused-ring (bicyclic) bond motifs is 1. The van der Waals surface area contributed by atoms with Crippen molar-refractivity contribution in [1.82, 2.24) is 20.2 Å². The van der Waals surface area contributed by atoms with E-state index in [1.807, 2.05) is 12.4 Å². The first-order valence-electron chi connectivity index (χ1n) is 6.67. The Kier molecular flexibility index (Phi) is 2.24. The van der Waals surface area contributed by atoms with Gasteiger partial charge in [0.05, 0.1) is 18.4 Å². The molecule has 4 rings (SSSR count). The Bertz CT molecular complexity index is 598. The van der Waals surface area contributed by atoms with Crippen LogP contribution in [0.3, 0.4) is 0 Å². The molecule has 0 spiro atoms. The summed E-state index contributed by atoms with van der Waals surface area (Å²) < 4.78 is 0.